The molecule has 0 spiro atoms. The highest BCUT2D eigenvalue weighted by Gasteiger charge is 2.18. The topological polar surface area (TPSA) is 63.4 Å². The molecule has 2 atom stereocenters. The molecule has 1 rings (SSSR count). The molecule has 1 N–H and O–H groups in total. The molecule has 0 radical (unpaired) electrons. The number of nitro groups is 1. The van der Waals surface area contributed by atoms with Crippen LogP contribution in [0.1, 0.15) is 37.3 Å². The fourth-order valence-electron chi connectivity index (χ4n) is 2.01. The lowest BCUT2D eigenvalue weighted by Crippen LogP contribution is -2.14. The van der Waals surface area contributed by atoms with Crippen molar-refractivity contribution in [3.05, 3.63) is 39.4 Å². The Hall–Kier alpha value is -1.42. The summed E-state index contributed by atoms with van der Waals surface area (Å²) in [4.78, 5) is 10.2. The van der Waals surface area contributed by atoms with Gasteiger partial charge in [-0.05, 0) is 31.4 Å². The maximum absolute atomic E-state index is 10.6. The van der Waals surface area contributed by atoms with E-state index in [1.165, 1.54) is 6.07 Å². The van der Waals surface area contributed by atoms with Crippen molar-refractivity contribution < 1.29 is 10.0 Å². The van der Waals surface area contributed by atoms with Crippen molar-refractivity contribution in [2.45, 2.75) is 39.2 Å². The number of non-ortho nitro benzene ring substituents is 1. The third-order valence-electron chi connectivity index (χ3n) is 2.89. The zero-order valence-corrected chi connectivity index (χ0v) is 9.80. The lowest BCUT2D eigenvalue weighted by molar-refractivity contribution is -0.384. The second kappa shape index (κ2) is 5.07. The van der Waals surface area contributed by atoms with Gasteiger partial charge in [0.2, 0.25) is 0 Å². The Morgan fingerprint density at radius 2 is 2.12 bits per heavy atom. The van der Waals surface area contributed by atoms with Crippen molar-refractivity contribution in [2.75, 3.05) is 0 Å². The molecule has 0 saturated carbocycles. The highest BCUT2D eigenvalue weighted by atomic mass is 16.6. The number of rotatable bonds is 4. The van der Waals surface area contributed by atoms with Gasteiger partial charge in [-0.1, -0.05) is 13.0 Å². The highest BCUT2D eigenvalue weighted by Crippen LogP contribution is 2.28. The normalized spacial score (nSPS) is 14.5. The predicted octanol–water partition coefficient (Wildman–Crippen LogP) is 2.78. The van der Waals surface area contributed by atoms with Gasteiger partial charge in [0.1, 0.15) is 0 Å². The van der Waals surface area contributed by atoms with Crippen molar-refractivity contribution >= 4 is 5.69 Å². The van der Waals surface area contributed by atoms with Crippen LogP contribution in [0.5, 0.6) is 0 Å². The van der Waals surface area contributed by atoms with E-state index in [4.69, 9.17) is 0 Å². The summed E-state index contributed by atoms with van der Waals surface area (Å²) in [7, 11) is 0. The van der Waals surface area contributed by atoms with E-state index in [9.17, 15) is 15.2 Å². The molecule has 0 aliphatic rings. The first-order chi connectivity index (χ1) is 7.47. The number of hydrogen-bond donors (Lipinski definition) is 1. The van der Waals surface area contributed by atoms with Crippen molar-refractivity contribution in [1.29, 1.82) is 0 Å². The molecular weight excluding hydrogens is 206 g/mol. The first-order valence-electron chi connectivity index (χ1n) is 5.40. The van der Waals surface area contributed by atoms with Crippen LogP contribution in [0.2, 0.25) is 0 Å². The summed E-state index contributed by atoms with van der Waals surface area (Å²) < 4.78 is 0. The van der Waals surface area contributed by atoms with Gasteiger partial charge in [0, 0.05) is 18.1 Å². The molecule has 0 aliphatic carbocycles. The minimum Gasteiger partial charge on any atom is -0.393 e. The van der Waals surface area contributed by atoms with Crippen molar-refractivity contribution in [3.8, 4) is 0 Å². The molecule has 0 saturated heterocycles. The Morgan fingerprint density at radius 1 is 1.50 bits per heavy atom. The third kappa shape index (κ3) is 2.58. The van der Waals surface area contributed by atoms with E-state index in [2.05, 4.69) is 0 Å². The van der Waals surface area contributed by atoms with Gasteiger partial charge >= 0.3 is 0 Å². The molecule has 1 aromatic carbocycles. The van der Waals surface area contributed by atoms with E-state index in [0.717, 1.165) is 17.5 Å². The number of nitrogens with zero attached hydrogens (tertiary/aromatic N) is 1. The molecule has 2 unspecified atom stereocenters. The molecule has 0 heterocycles. The number of benzene rings is 1. The zero-order valence-electron chi connectivity index (χ0n) is 9.80. The van der Waals surface area contributed by atoms with Crippen LogP contribution in [0.15, 0.2) is 18.2 Å². The quantitative estimate of drug-likeness (QED) is 0.630. The molecule has 0 amide bonds. The molecule has 16 heavy (non-hydrogen) atoms. The van der Waals surface area contributed by atoms with Crippen LogP contribution in [0.3, 0.4) is 0 Å². The van der Waals surface area contributed by atoms with Crippen LogP contribution in [-0.2, 0) is 0 Å². The maximum atomic E-state index is 10.6. The van der Waals surface area contributed by atoms with Gasteiger partial charge in [-0.15, -0.1) is 0 Å². The number of hydrogen-bond acceptors (Lipinski definition) is 3. The number of aliphatic hydroxyl groups excluding tert-OH is 1. The lowest BCUT2D eigenvalue weighted by atomic mass is 9.88. The fraction of sp³-hybridized carbons (Fsp3) is 0.500. The van der Waals surface area contributed by atoms with E-state index in [1.807, 2.05) is 13.8 Å². The molecule has 4 nitrogen and oxygen atoms in total. The molecule has 0 aliphatic heterocycles. The van der Waals surface area contributed by atoms with Crippen LogP contribution in [0, 0.1) is 17.0 Å². The van der Waals surface area contributed by atoms with Gasteiger partial charge < -0.3 is 5.11 Å². The van der Waals surface area contributed by atoms with Gasteiger partial charge in [-0.2, -0.15) is 0 Å². The summed E-state index contributed by atoms with van der Waals surface area (Å²) in [5.74, 6) is 0.0424. The average Bonchev–Trinajstić information content (AvgIpc) is 2.20. The first-order valence-corrected chi connectivity index (χ1v) is 5.40. The lowest BCUT2D eigenvalue weighted by Gasteiger charge is -2.20. The summed E-state index contributed by atoms with van der Waals surface area (Å²) in [6, 6.07) is 4.79. The second-order valence-electron chi connectivity index (χ2n) is 4.05. The molecule has 88 valence electrons. The van der Waals surface area contributed by atoms with E-state index in [0.29, 0.717) is 0 Å². The van der Waals surface area contributed by atoms with E-state index < -0.39 is 11.0 Å². The number of aliphatic hydroxyl groups is 1. The van der Waals surface area contributed by atoms with Crippen molar-refractivity contribution in [3.63, 3.8) is 0 Å². The first kappa shape index (κ1) is 12.6. The second-order valence-corrected chi connectivity index (χ2v) is 4.05. The molecule has 4 heteroatoms. The SMILES string of the molecule is CCC(c1ccc([N+](=O)[O-])cc1C)C(C)O. The zero-order chi connectivity index (χ0) is 12.3. The summed E-state index contributed by atoms with van der Waals surface area (Å²) >= 11 is 0. The summed E-state index contributed by atoms with van der Waals surface area (Å²) in [6.07, 6.45) is 0.376. The van der Waals surface area contributed by atoms with Crippen LogP contribution >= 0.6 is 0 Å². The minimum absolute atomic E-state index is 0.0424. The average molecular weight is 223 g/mol. The Balaban J connectivity index is 3.11. The van der Waals surface area contributed by atoms with Crippen molar-refractivity contribution in [1.82, 2.24) is 0 Å². The summed E-state index contributed by atoms with van der Waals surface area (Å²) in [5.41, 5.74) is 1.95. The Bertz CT molecular complexity index is 388. The Morgan fingerprint density at radius 3 is 2.50 bits per heavy atom. The molecule has 0 bridgehead atoms. The Kier molecular flexibility index (Phi) is 4.01. The summed E-state index contributed by atoms with van der Waals surface area (Å²) in [6.45, 7) is 5.58. The smallest absolute Gasteiger partial charge is 0.269 e. The predicted molar refractivity (Wildman–Crippen MR) is 62.5 cm³/mol. The van der Waals surface area contributed by atoms with Gasteiger partial charge in [-0.3, -0.25) is 10.1 Å². The number of nitro benzene ring substituents is 1. The third-order valence-corrected chi connectivity index (χ3v) is 2.89. The molecule has 1 aromatic rings. The van der Waals surface area contributed by atoms with Gasteiger partial charge in [0.15, 0.2) is 0 Å². The fourth-order valence-corrected chi connectivity index (χ4v) is 2.01. The van der Waals surface area contributed by atoms with Gasteiger partial charge in [0.05, 0.1) is 11.0 Å². The van der Waals surface area contributed by atoms with E-state index in [-0.39, 0.29) is 11.6 Å². The monoisotopic (exact) mass is 223 g/mol. The minimum atomic E-state index is -0.440. The van der Waals surface area contributed by atoms with Gasteiger partial charge in [-0.25, -0.2) is 0 Å². The standard InChI is InChI=1S/C12H17NO3/c1-4-11(9(3)14)12-6-5-10(13(15)16)7-8(12)2/h5-7,9,11,14H,4H2,1-3H3. The largest absolute Gasteiger partial charge is 0.393 e. The molecule has 0 fully saturated rings. The molecular formula is C12H17NO3. The van der Waals surface area contributed by atoms with Crippen LogP contribution < -0.4 is 0 Å². The highest BCUT2D eigenvalue weighted by molar-refractivity contribution is 5.41. The van der Waals surface area contributed by atoms with Crippen LogP contribution in [0.25, 0.3) is 0 Å². The van der Waals surface area contributed by atoms with Crippen LogP contribution in [-0.4, -0.2) is 16.1 Å². The van der Waals surface area contributed by atoms with Gasteiger partial charge in [0.25, 0.3) is 5.69 Å². The Labute approximate surface area is 95.1 Å². The summed E-state index contributed by atoms with van der Waals surface area (Å²) in [5, 5.41) is 20.2. The maximum Gasteiger partial charge on any atom is 0.269 e. The number of aryl methyl sites for hydroxylation is 1. The van der Waals surface area contributed by atoms with E-state index >= 15 is 0 Å². The van der Waals surface area contributed by atoms with E-state index in [1.54, 1.807) is 19.1 Å². The molecule has 0 aromatic heterocycles. The van der Waals surface area contributed by atoms with Crippen LogP contribution in [0.4, 0.5) is 5.69 Å². The van der Waals surface area contributed by atoms with Crippen molar-refractivity contribution in [2.24, 2.45) is 0 Å².